The van der Waals surface area contributed by atoms with Crippen LogP contribution >= 0.6 is 22.6 Å². The van der Waals surface area contributed by atoms with Gasteiger partial charge in [0.1, 0.15) is 5.56 Å². The molecule has 1 heterocycles. The average Bonchev–Trinajstić information content (AvgIpc) is 2.73. The van der Waals surface area contributed by atoms with Gasteiger partial charge in [-0.05, 0) is 78.7 Å². The summed E-state index contributed by atoms with van der Waals surface area (Å²) >= 11 is 2.25. The second-order valence-corrected chi connectivity index (χ2v) is 15.7. The lowest BCUT2D eigenvalue weighted by Gasteiger charge is -2.37. The Kier molecular flexibility index (Phi) is 9.73. The molecule has 0 aliphatic rings. The predicted molar refractivity (Wildman–Crippen MR) is 145 cm³/mol. The minimum Gasteiger partial charge on any atom is -0.462 e. The lowest BCUT2D eigenvalue weighted by atomic mass is 10.1. The number of carbonyl (C=O) groups is 1. The molecular weight excluding hydrogens is 549 g/mol. The highest BCUT2D eigenvalue weighted by molar-refractivity contribution is 14.1. The molecule has 184 valence electrons. The monoisotopic (exact) mass is 587 g/mol. The molecule has 0 saturated heterocycles. The van der Waals surface area contributed by atoms with Crippen LogP contribution in [0.1, 0.15) is 63.5 Å². The standard InChI is InChI=1S/C25H38INO5Si/c1-9-17-12-22-19(13-21(17)26)23(28)20(24(29)31-11-3)14-27(22)18(15-30-10-2)16-32-33(7,8)25(4,5)6/h12-14,18H,9-11,15-16H2,1-8H3/t18-/m0/s1. The summed E-state index contributed by atoms with van der Waals surface area (Å²) in [6.45, 7) is 18.5. The topological polar surface area (TPSA) is 66.8 Å². The Morgan fingerprint density at radius 2 is 1.79 bits per heavy atom. The molecule has 0 spiro atoms. The van der Waals surface area contributed by atoms with Crippen LogP contribution in [0.15, 0.2) is 23.1 Å². The van der Waals surface area contributed by atoms with Gasteiger partial charge < -0.3 is 18.5 Å². The Morgan fingerprint density at radius 3 is 2.33 bits per heavy atom. The number of benzene rings is 1. The number of aryl methyl sites for hydroxylation is 1. The van der Waals surface area contributed by atoms with E-state index in [1.54, 1.807) is 13.1 Å². The van der Waals surface area contributed by atoms with Crippen molar-refractivity contribution in [3.63, 3.8) is 0 Å². The Bertz CT molecular complexity index is 1040. The first-order chi connectivity index (χ1) is 15.4. The molecule has 0 saturated carbocycles. The van der Waals surface area contributed by atoms with E-state index in [-0.39, 0.29) is 28.7 Å². The quantitative estimate of drug-likeness (QED) is 0.196. The number of rotatable bonds is 10. The number of aromatic nitrogens is 1. The molecule has 1 aromatic heterocycles. The molecule has 33 heavy (non-hydrogen) atoms. The van der Waals surface area contributed by atoms with Crippen molar-refractivity contribution in [1.82, 2.24) is 4.57 Å². The van der Waals surface area contributed by atoms with E-state index in [0.717, 1.165) is 21.1 Å². The van der Waals surface area contributed by atoms with Crippen LogP contribution in [0, 0.1) is 3.57 Å². The van der Waals surface area contributed by atoms with Crippen LogP contribution in [0.2, 0.25) is 18.1 Å². The molecule has 8 heteroatoms. The predicted octanol–water partition coefficient (Wildman–Crippen LogP) is 5.94. The first-order valence-corrected chi connectivity index (χ1v) is 15.6. The van der Waals surface area contributed by atoms with Gasteiger partial charge in [0.2, 0.25) is 5.43 Å². The second kappa shape index (κ2) is 11.5. The molecule has 0 N–H and O–H groups in total. The van der Waals surface area contributed by atoms with Gasteiger partial charge in [0, 0.05) is 21.8 Å². The minimum atomic E-state index is -2.02. The lowest BCUT2D eigenvalue weighted by molar-refractivity contribution is 0.0521. The maximum absolute atomic E-state index is 13.3. The van der Waals surface area contributed by atoms with Crippen LogP contribution in [0.3, 0.4) is 0 Å². The normalized spacial score (nSPS) is 13.4. The maximum Gasteiger partial charge on any atom is 0.343 e. The van der Waals surface area contributed by atoms with Crippen molar-refractivity contribution in [2.75, 3.05) is 26.4 Å². The van der Waals surface area contributed by atoms with Crippen LogP contribution in [0.4, 0.5) is 0 Å². The summed E-state index contributed by atoms with van der Waals surface area (Å²) in [6.07, 6.45) is 2.48. The highest BCUT2D eigenvalue weighted by Crippen LogP contribution is 2.37. The van der Waals surface area contributed by atoms with E-state index < -0.39 is 14.3 Å². The molecule has 0 radical (unpaired) electrons. The van der Waals surface area contributed by atoms with Crippen molar-refractivity contribution in [3.8, 4) is 0 Å². The number of ether oxygens (including phenoxy) is 2. The van der Waals surface area contributed by atoms with Crippen LogP contribution < -0.4 is 5.43 Å². The van der Waals surface area contributed by atoms with Crippen molar-refractivity contribution >= 4 is 47.8 Å². The van der Waals surface area contributed by atoms with E-state index >= 15 is 0 Å². The molecule has 2 aromatic rings. The number of esters is 1. The SMILES string of the molecule is CCOC[C@@H](CO[Si](C)(C)C(C)(C)C)n1cc(C(=O)OCC)c(=O)c2cc(I)c(CC)cc21. The smallest absolute Gasteiger partial charge is 0.343 e. The first kappa shape index (κ1) is 28.0. The molecule has 1 atom stereocenters. The minimum absolute atomic E-state index is 0.0400. The zero-order chi connectivity index (χ0) is 25.0. The Hall–Kier alpha value is -1.23. The summed E-state index contributed by atoms with van der Waals surface area (Å²) in [7, 11) is -2.02. The van der Waals surface area contributed by atoms with Crippen molar-refractivity contribution in [2.24, 2.45) is 0 Å². The van der Waals surface area contributed by atoms with Gasteiger partial charge in [-0.1, -0.05) is 27.7 Å². The Balaban J connectivity index is 2.72. The Morgan fingerprint density at radius 1 is 1.12 bits per heavy atom. The fraction of sp³-hybridized carbons (Fsp3) is 0.600. The highest BCUT2D eigenvalue weighted by Gasteiger charge is 2.38. The highest BCUT2D eigenvalue weighted by atomic mass is 127. The summed E-state index contributed by atoms with van der Waals surface area (Å²) in [5.74, 6) is -0.604. The Labute approximate surface area is 212 Å². The number of carbonyl (C=O) groups excluding carboxylic acids is 1. The van der Waals surface area contributed by atoms with Gasteiger partial charge in [0.15, 0.2) is 8.32 Å². The number of nitrogens with zero attached hydrogens (tertiary/aromatic N) is 1. The van der Waals surface area contributed by atoms with E-state index in [1.807, 2.05) is 17.6 Å². The van der Waals surface area contributed by atoms with Gasteiger partial charge in [0.05, 0.1) is 31.4 Å². The fourth-order valence-corrected chi connectivity index (χ4v) is 5.21. The van der Waals surface area contributed by atoms with E-state index in [2.05, 4.69) is 69.4 Å². The fourth-order valence-electron chi connectivity index (χ4n) is 3.32. The zero-order valence-corrected chi connectivity index (χ0v) is 24.4. The van der Waals surface area contributed by atoms with Gasteiger partial charge >= 0.3 is 5.97 Å². The van der Waals surface area contributed by atoms with Crippen LogP contribution in [0.5, 0.6) is 0 Å². The first-order valence-electron chi connectivity index (χ1n) is 11.6. The van der Waals surface area contributed by atoms with E-state index in [4.69, 9.17) is 13.9 Å². The summed E-state index contributed by atoms with van der Waals surface area (Å²) in [4.78, 5) is 25.9. The summed E-state index contributed by atoms with van der Waals surface area (Å²) < 4.78 is 20.6. The molecule has 0 unspecified atom stereocenters. The number of fused-ring (bicyclic) bond motifs is 1. The average molecular weight is 588 g/mol. The van der Waals surface area contributed by atoms with Crippen molar-refractivity contribution < 1.29 is 18.7 Å². The maximum atomic E-state index is 13.3. The molecule has 2 rings (SSSR count). The van der Waals surface area contributed by atoms with E-state index in [0.29, 0.717) is 25.2 Å². The third kappa shape index (κ3) is 6.46. The van der Waals surface area contributed by atoms with Crippen LogP contribution in [-0.4, -0.2) is 45.3 Å². The zero-order valence-electron chi connectivity index (χ0n) is 21.2. The van der Waals surface area contributed by atoms with Gasteiger partial charge in [-0.25, -0.2) is 4.79 Å². The largest absolute Gasteiger partial charge is 0.462 e. The molecule has 0 amide bonds. The lowest BCUT2D eigenvalue weighted by Crippen LogP contribution is -2.42. The summed E-state index contributed by atoms with van der Waals surface area (Å²) in [5, 5.41) is 0.576. The summed E-state index contributed by atoms with van der Waals surface area (Å²) in [6, 6.07) is 3.74. The molecule has 6 nitrogen and oxygen atoms in total. The van der Waals surface area contributed by atoms with Gasteiger partial charge in [-0.15, -0.1) is 0 Å². The van der Waals surface area contributed by atoms with Gasteiger partial charge in [-0.2, -0.15) is 0 Å². The number of pyridine rings is 1. The van der Waals surface area contributed by atoms with E-state index in [1.165, 1.54) is 0 Å². The van der Waals surface area contributed by atoms with E-state index in [9.17, 15) is 9.59 Å². The third-order valence-corrected chi connectivity index (χ3v) is 11.9. The second-order valence-electron chi connectivity index (χ2n) is 9.70. The van der Waals surface area contributed by atoms with Crippen molar-refractivity contribution in [2.45, 2.75) is 72.1 Å². The summed E-state index contributed by atoms with van der Waals surface area (Å²) in [5.41, 5.74) is 1.67. The molecular formula is C25H38INO5Si. The van der Waals surface area contributed by atoms with Crippen LogP contribution in [0.25, 0.3) is 10.9 Å². The molecule has 0 fully saturated rings. The molecule has 0 aliphatic heterocycles. The number of halogens is 1. The van der Waals surface area contributed by atoms with Gasteiger partial charge in [-0.3, -0.25) is 4.79 Å². The van der Waals surface area contributed by atoms with Crippen molar-refractivity contribution in [3.05, 3.63) is 43.2 Å². The molecule has 1 aromatic carbocycles. The third-order valence-electron chi connectivity index (χ3n) is 6.43. The van der Waals surface area contributed by atoms with Crippen molar-refractivity contribution in [1.29, 1.82) is 0 Å². The van der Waals surface area contributed by atoms with Crippen LogP contribution in [-0.2, 0) is 20.3 Å². The molecule has 0 bridgehead atoms. The number of hydrogen-bond donors (Lipinski definition) is 0. The van der Waals surface area contributed by atoms with Gasteiger partial charge in [0.25, 0.3) is 0 Å². The number of hydrogen-bond acceptors (Lipinski definition) is 5. The molecule has 0 aliphatic carbocycles.